The number of halogens is 1. The lowest BCUT2D eigenvalue weighted by atomic mass is 10.1. The van der Waals surface area contributed by atoms with Crippen LogP contribution in [0.1, 0.15) is 37.8 Å². The van der Waals surface area contributed by atoms with Crippen LogP contribution in [-0.4, -0.2) is 56.1 Å². The summed E-state index contributed by atoms with van der Waals surface area (Å²) in [5.41, 5.74) is 2.44. The van der Waals surface area contributed by atoms with Crippen molar-refractivity contribution in [1.82, 2.24) is 10.2 Å². The molecule has 2 amide bonds. The predicted molar refractivity (Wildman–Crippen MR) is 132 cm³/mol. The van der Waals surface area contributed by atoms with Crippen LogP contribution in [0.15, 0.2) is 48.5 Å². The summed E-state index contributed by atoms with van der Waals surface area (Å²) in [6.45, 7) is 9.41. The summed E-state index contributed by atoms with van der Waals surface area (Å²) in [4.78, 5) is 29.6. The molecule has 6 nitrogen and oxygen atoms in total. The average molecular weight is 470 g/mol. The van der Waals surface area contributed by atoms with Crippen LogP contribution in [0.2, 0.25) is 0 Å². The van der Waals surface area contributed by atoms with Gasteiger partial charge >= 0.3 is 0 Å². The van der Waals surface area contributed by atoms with E-state index in [1.807, 2.05) is 38.1 Å². The lowest BCUT2D eigenvalue weighted by Crippen LogP contribution is -2.38. The molecule has 0 unspecified atom stereocenters. The zero-order chi connectivity index (χ0) is 24.3. The van der Waals surface area contributed by atoms with Gasteiger partial charge in [-0.2, -0.15) is 0 Å². The standard InChI is InChI=1S/C27H36FN3O3/c1-21(2)17-27(33)31(20-22-7-9-24(28)10-8-22)25-6-3-5-23(18-25)19-26(32)29-11-4-12-30-13-15-34-16-14-30/h3,5-10,18,21H,4,11-17,19-20H2,1-2H3,(H,29,32). The Morgan fingerprint density at radius 2 is 1.82 bits per heavy atom. The van der Waals surface area contributed by atoms with Crippen molar-refractivity contribution in [3.05, 3.63) is 65.5 Å². The Bertz CT molecular complexity index is 927. The van der Waals surface area contributed by atoms with Crippen molar-refractivity contribution in [1.29, 1.82) is 0 Å². The first-order valence-electron chi connectivity index (χ1n) is 12.1. The molecule has 0 bridgehead atoms. The lowest BCUT2D eigenvalue weighted by Gasteiger charge is -2.26. The van der Waals surface area contributed by atoms with Gasteiger partial charge in [0.25, 0.3) is 0 Å². The van der Waals surface area contributed by atoms with Crippen LogP contribution in [0.5, 0.6) is 0 Å². The van der Waals surface area contributed by atoms with E-state index in [-0.39, 0.29) is 30.0 Å². The molecule has 1 fully saturated rings. The minimum atomic E-state index is -0.304. The summed E-state index contributed by atoms with van der Waals surface area (Å²) >= 11 is 0. The molecule has 1 saturated heterocycles. The van der Waals surface area contributed by atoms with Gasteiger partial charge < -0.3 is 15.0 Å². The van der Waals surface area contributed by atoms with Crippen LogP contribution in [0.4, 0.5) is 10.1 Å². The predicted octanol–water partition coefficient (Wildman–Crippen LogP) is 3.79. The molecule has 1 aliphatic rings. The van der Waals surface area contributed by atoms with Crippen molar-refractivity contribution in [3.63, 3.8) is 0 Å². The molecule has 0 spiro atoms. The number of nitrogens with zero attached hydrogens (tertiary/aromatic N) is 2. The highest BCUT2D eigenvalue weighted by molar-refractivity contribution is 5.93. The van der Waals surface area contributed by atoms with Gasteiger partial charge in [-0.25, -0.2) is 4.39 Å². The molecule has 1 aliphatic heterocycles. The molecule has 2 aromatic rings. The van der Waals surface area contributed by atoms with E-state index in [1.165, 1.54) is 12.1 Å². The van der Waals surface area contributed by atoms with Gasteiger partial charge in [0.2, 0.25) is 11.8 Å². The Balaban J connectivity index is 1.59. The smallest absolute Gasteiger partial charge is 0.227 e. The van der Waals surface area contributed by atoms with Gasteiger partial charge in [0.1, 0.15) is 5.82 Å². The topological polar surface area (TPSA) is 61.9 Å². The second kappa shape index (κ2) is 13.2. The van der Waals surface area contributed by atoms with Crippen LogP contribution in [0, 0.1) is 11.7 Å². The number of ether oxygens (including phenoxy) is 1. The molecular formula is C27H36FN3O3. The highest BCUT2D eigenvalue weighted by atomic mass is 19.1. The largest absolute Gasteiger partial charge is 0.379 e. The fourth-order valence-corrected chi connectivity index (χ4v) is 3.99. The minimum absolute atomic E-state index is 0.00374. The van der Waals surface area contributed by atoms with E-state index in [0.29, 0.717) is 19.5 Å². The van der Waals surface area contributed by atoms with E-state index >= 15 is 0 Å². The molecule has 0 radical (unpaired) electrons. The maximum atomic E-state index is 13.3. The average Bonchev–Trinajstić information content (AvgIpc) is 2.82. The summed E-state index contributed by atoms with van der Waals surface area (Å²) in [6.07, 6.45) is 1.57. The lowest BCUT2D eigenvalue weighted by molar-refractivity contribution is -0.120. The van der Waals surface area contributed by atoms with Gasteiger partial charge in [-0.05, 0) is 54.3 Å². The maximum absolute atomic E-state index is 13.3. The molecule has 3 rings (SSSR count). The maximum Gasteiger partial charge on any atom is 0.227 e. The van der Waals surface area contributed by atoms with Crippen LogP contribution >= 0.6 is 0 Å². The van der Waals surface area contributed by atoms with Crippen LogP contribution in [-0.2, 0) is 27.3 Å². The van der Waals surface area contributed by atoms with Gasteiger partial charge in [-0.3, -0.25) is 14.5 Å². The van der Waals surface area contributed by atoms with Gasteiger partial charge in [0.05, 0.1) is 26.2 Å². The number of hydrogen-bond donors (Lipinski definition) is 1. The van der Waals surface area contributed by atoms with Gasteiger partial charge in [0, 0.05) is 31.7 Å². The minimum Gasteiger partial charge on any atom is -0.379 e. The zero-order valence-corrected chi connectivity index (χ0v) is 20.3. The number of carbonyl (C=O) groups excluding carboxylic acids is 2. The Morgan fingerprint density at radius 1 is 1.09 bits per heavy atom. The summed E-state index contributed by atoms with van der Waals surface area (Å²) in [7, 11) is 0. The summed E-state index contributed by atoms with van der Waals surface area (Å²) in [6, 6.07) is 13.7. The Kier molecular flexibility index (Phi) is 10.0. The first-order chi connectivity index (χ1) is 16.4. The van der Waals surface area contributed by atoms with E-state index in [1.54, 1.807) is 17.0 Å². The SMILES string of the molecule is CC(C)CC(=O)N(Cc1ccc(F)cc1)c1cccc(CC(=O)NCCCN2CCOCC2)c1. The number of rotatable bonds is 11. The summed E-state index contributed by atoms with van der Waals surface area (Å²) in [5.74, 6) is -0.113. The highest BCUT2D eigenvalue weighted by Gasteiger charge is 2.18. The number of carbonyl (C=O) groups is 2. The first-order valence-corrected chi connectivity index (χ1v) is 12.1. The van der Waals surface area contributed by atoms with Crippen molar-refractivity contribution in [3.8, 4) is 0 Å². The molecule has 0 aromatic heterocycles. The van der Waals surface area contributed by atoms with Gasteiger partial charge in [0.15, 0.2) is 0 Å². The molecule has 2 aromatic carbocycles. The Hall–Kier alpha value is -2.77. The third-order valence-corrected chi connectivity index (χ3v) is 5.80. The zero-order valence-electron chi connectivity index (χ0n) is 20.3. The van der Waals surface area contributed by atoms with E-state index in [9.17, 15) is 14.0 Å². The second-order valence-electron chi connectivity index (χ2n) is 9.21. The van der Waals surface area contributed by atoms with Crippen LogP contribution in [0.3, 0.4) is 0 Å². The Labute approximate surface area is 202 Å². The van der Waals surface area contributed by atoms with Crippen molar-refractivity contribution < 1.29 is 18.7 Å². The summed E-state index contributed by atoms with van der Waals surface area (Å²) in [5, 5.41) is 3.00. The molecular weight excluding hydrogens is 433 g/mol. The third-order valence-electron chi connectivity index (χ3n) is 5.80. The van der Waals surface area contributed by atoms with Gasteiger partial charge in [-0.15, -0.1) is 0 Å². The van der Waals surface area contributed by atoms with Crippen molar-refractivity contribution >= 4 is 17.5 Å². The van der Waals surface area contributed by atoms with Crippen LogP contribution < -0.4 is 10.2 Å². The fraction of sp³-hybridized carbons (Fsp3) is 0.481. The quantitative estimate of drug-likeness (QED) is 0.509. The number of hydrogen-bond acceptors (Lipinski definition) is 4. The van der Waals surface area contributed by atoms with E-state index in [0.717, 1.165) is 56.1 Å². The second-order valence-corrected chi connectivity index (χ2v) is 9.21. The number of nitrogens with one attached hydrogen (secondary N) is 1. The van der Waals surface area contributed by atoms with E-state index < -0.39 is 0 Å². The molecule has 1 N–H and O–H groups in total. The van der Waals surface area contributed by atoms with E-state index in [2.05, 4.69) is 10.2 Å². The van der Waals surface area contributed by atoms with Crippen molar-refractivity contribution in [2.24, 2.45) is 5.92 Å². The molecule has 7 heteroatoms. The molecule has 0 saturated carbocycles. The number of morpholine rings is 1. The number of anilines is 1. The normalized spacial score (nSPS) is 14.2. The molecule has 184 valence electrons. The molecule has 1 heterocycles. The first kappa shape index (κ1) is 25.8. The van der Waals surface area contributed by atoms with E-state index in [4.69, 9.17) is 4.74 Å². The number of benzene rings is 2. The third kappa shape index (κ3) is 8.54. The number of amides is 2. The van der Waals surface area contributed by atoms with Crippen molar-refractivity contribution in [2.75, 3.05) is 44.3 Å². The molecule has 0 atom stereocenters. The molecule has 34 heavy (non-hydrogen) atoms. The molecule has 0 aliphatic carbocycles. The Morgan fingerprint density at radius 3 is 2.53 bits per heavy atom. The summed E-state index contributed by atoms with van der Waals surface area (Å²) < 4.78 is 18.7. The van der Waals surface area contributed by atoms with Crippen molar-refractivity contribution in [2.45, 2.75) is 39.7 Å². The fourth-order valence-electron chi connectivity index (χ4n) is 3.99. The van der Waals surface area contributed by atoms with Gasteiger partial charge in [-0.1, -0.05) is 38.1 Å². The monoisotopic (exact) mass is 469 g/mol. The van der Waals surface area contributed by atoms with Crippen LogP contribution in [0.25, 0.3) is 0 Å². The highest BCUT2D eigenvalue weighted by Crippen LogP contribution is 2.22.